The number of rotatable bonds is 5. The molecule has 1 unspecified atom stereocenters. The van der Waals surface area contributed by atoms with E-state index in [-0.39, 0.29) is 23.5 Å². The largest absolute Gasteiger partial charge is 0.507 e. The Balaban J connectivity index is 1.61. The molecule has 1 aromatic heterocycles. The summed E-state index contributed by atoms with van der Waals surface area (Å²) in [6, 6.07) is 9.41. The van der Waals surface area contributed by atoms with Crippen molar-refractivity contribution in [3.05, 3.63) is 47.8 Å². The number of aromatic nitrogens is 1. The number of fused-ring (bicyclic) bond motifs is 1. The molecule has 0 spiro atoms. The first-order chi connectivity index (χ1) is 14.1. The zero-order valence-corrected chi connectivity index (χ0v) is 16.2. The second kappa shape index (κ2) is 8.21. The van der Waals surface area contributed by atoms with Gasteiger partial charge in [0.2, 0.25) is 0 Å². The highest BCUT2D eigenvalue weighted by Gasteiger charge is 2.28. The number of carbonyl (C=O) groups excluding carboxylic acids is 1. The number of halogens is 1. The van der Waals surface area contributed by atoms with Crippen molar-refractivity contribution in [2.24, 2.45) is 5.92 Å². The van der Waals surface area contributed by atoms with E-state index in [4.69, 9.17) is 9.26 Å². The summed E-state index contributed by atoms with van der Waals surface area (Å²) in [5, 5.41) is 15.4. The van der Waals surface area contributed by atoms with Crippen LogP contribution >= 0.6 is 0 Å². The number of aromatic hydroxyl groups is 1. The summed E-state index contributed by atoms with van der Waals surface area (Å²) in [6.45, 7) is 4.02. The second-order valence-corrected chi connectivity index (χ2v) is 7.30. The molecule has 2 heterocycles. The number of hydrogen-bond donors (Lipinski definition) is 1. The van der Waals surface area contributed by atoms with Gasteiger partial charge in [0, 0.05) is 18.7 Å². The number of ether oxygens (including phenoxy) is 1. The minimum Gasteiger partial charge on any atom is -0.507 e. The van der Waals surface area contributed by atoms with Gasteiger partial charge in [0.05, 0.1) is 23.5 Å². The second-order valence-electron chi connectivity index (χ2n) is 7.30. The molecule has 1 fully saturated rings. The van der Waals surface area contributed by atoms with Gasteiger partial charge in [0.1, 0.15) is 17.3 Å². The van der Waals surface area contributed by atoms with E-state index in [1.54, 1.807) is 31.2 Å². The maximum absolute atomic E-state index is 13.2. The molecule has 152 valence electrons. The van der Waals surface area contributed by atoms with Crippen LogP contribution in [0.2, 0.25) is 0 Å². The predicted molar refractivity (Wildman–Crippen MR) is 106 cm³/mol. The number of carbonyl (C=O) groups is 1. The maximum atomic E-state index is 13.2. The molecule has 1 N–H and O–H groups in total. The number of piperidine rings is 1. The fraction of sp³-hybridized carbons (Fsp3) is 0.364. The van der Waals surface area contributed by atoms with Gasteiger partial charge in [-0.2, -0.15) is 0 Å². The number of likely N-dealkylation sites (tertiary alicyclic amines) is 1. The average Bonchev–Trinajstić information content (AvgIpc) is 3.15. The molecular weight excluding hydrogens is 375 g/mol. The average molecular weight is 398 g/mol. The summed E-state index contributed by atoms with van der Waals surface area (Å²) < 4.78 is 24.0. The zero-order valence-electron chi connectivity index (χ0n) is 16.2. The van der Waals surface area contributed by atoms with E-state index in [1.807, 2.05) is 0 Å². The van der Waals surface area contributed by atoms with Crippen molar-refractivity contribution in [3.8, 4) is 17.0 Å². The lowest BCUT2D eigenvalue weighted by molar-refractivity contribution is -0.150. The molecule has 1 aliphatic rings. The van der Waals surface area contributed by atoms with Gasteiger partial charge in [-0.25, -0.2) is 4.39 Å². The maximum Gasteiger partial charge on any atom is 0.310 e. The number of phenols is 1. The van der Waals surface area contributed by atoms with Crippen molar-refractivity contribution in [1.29, 1.82) is 0 Å². The van der Waals surface area contributed by atoms with Crippen LogP contribution in [-0.2, 0) is 16.1 Å². The summed E-state index contributed by atoms with van der Waals surface area (Å²) in [4.78, 5) is 14.2. The van der Waals surface area contributed by atoms with Gasteiger partial charge in [-0.15, -0.1) is 0 Å². The lowest BCUT2D eigenvalue weighted by Gasteiger charge is -2.31. The predicted octanol–water partition coefficient (Wildman–Crippen LogP) is 4.11. The molecule has 0 bridgehead atoms. The topological polar surface area (TPSA) is 75.8 Å². The number of phenolic OH excluding ortho intramolecular Hbond substituents is 1. The van der Waals surface area contributed by atoms with Gasteiger partial charge < -0.3 is 14.4 Å². The van der Waals surface area contributed by atoms with Crippen molar-refractivity contribution in [2.75, 3.05) is 19.7 Å². The highest BCUT2D eigenvalue weighted by atomic mass is 19.1. The van der Waals surface area contributed by atoms with E-state index in [0.717, 1.165) is 30.3 Å². The molecule has 6 nitrogen and oxygen atoms in total. The third kappa shape index (κ3) is 3.96. The molecule has 0 amide bonds. The third-order valence-electron chi connectivity index (χ3n) is 5.34. The molecule has 0 aliphatic carbocycles. The van der Waals surface area contributed by atoms with Gasteiger partial charge in [-0.3, -0.25) is 9.69 Å². The van der Waals surface area contributed by atoms with E-state index >= 15 is 0 Å². The Morgan fingerprint density at radius 3 is 2.86 bits per heavy atom. The van der Waals surface area contributed by atoms with Gasteiger partial charge in [0.15, 0.2) is 5.58 Å². The van der Waals surface area contributed by atoms with Gasteiger partial charge in [-0.1, -0.05) is 5.16 Å². The highest BCUT2D eigenvalue weighted by Crippen LogP contribution is 2.35. The Kier molecular flexibility index (Phi) is 5.49. The molecule has 4 rings (SSSR count). The smallest absolute Gasteiger partial charge is 0.310 e. The molecule has 29 heavy (non-hydrogen) atoms. The zero-order chi connectivity index (χ0) is 20.4. The van der Waals surface area contributed by atoms with E-state index in [9.17, 15) is 14.3 Å². The summed E-state index contributed by atoms with van der Waals surface area (Å²) in [6.07, 6.45) is 1.69. The Morgan fingerprint density at radius 2 is 2.10 bits per heavy atom. The summed E-state index contributed by atoms with van der Waals surface area (Å²) in [5.74, 6) is -0.522. The molecule has 1 saturated heterocycles. The van der Waals surface area contributed by atoms with E-state index in [2.05, 4.69) is 10.1 Å². The van der Waals surface area contributed by atoms with Crippen LogP contribution in [0.25, 0.3) is 22.2 Å². The van der Waals surface area contributed by atoms with Crippen molar-refractivity contribution in [3.63, 3.8) is 0 Å². The molecule has 1 atom stereocenters. The van der Waals surface area contributed by atoms with Crippen LogP contribution in [0.3, 0.4) is 0 Å². The molecule has 2 aromatic carbocycles. The Hall–Kier alpha value is -2.93. The standard InChI is InChI=1S/C22H23FN2O4/c1-2-28-22(27)15-4-3-11-25(12-15)13-18-19(26)10-9-17-20(24-29-21(17)18)14-5-7-16(23)8-6-14/h5-10,15,26H,2-4,11-13H2,1H3. The van der Waals surface area contributed by atoms with E-state index in [1.165, 1.54) is 12.1 Å². The molecule has 7 heteroatoms. The third-order valence-corrected chi connectivity index (χ3v) is 5.34. The summed E-state index contributed by atoms with van der Waals surface area (Å²) in [5.41, 5.74) is 2.47. The Morgan fingerprint density at radius 1 is 1.31 bits per heavy atom. The summed E-state index contributed by atoms with van der Waals surface area (Å²) >= 11 is 0. The first kappa shape index (κ1) is 19.4. The minimum atomic E-state index is -0.318. The number of hydrogen-bond acceptors (Lipinski definition) is 6. The van der Waals surface area contributed by atoms with Crippen LogP contribution in [0.15, 0.2) is 40.9 Å². The van der Waals surface area contributed by atoms with Crippen LogP contribution < -0.4 is 0 Å². The van der Waals surface area contributed by atoms with Crippen LogP contribution in [0.4, 0.5) is 4.39 Å². The normalized spacial score (nSPS) is 17.5. The van der Waals surface area contributed by atoms with Crippen molar-refractivity contribution in [1.82, 2.24) is 10.1 Å². The first-order valence-electron chi connectivity index (χ1n) is 9.82. The van der Waals surface area contributed by atoms with E-state index < -0.39 is 0 Å². The van der Waals surface area contributed by atoms with Crippen LogP contribution in [0, 0.1) is 11.7 Å². The molecule has 0 saturated carbocycles. The Labute approximate surface area is 167 Å². The quantitative estimate of drug-likeness (QED) is 0.652. The monoisotopic (exact) mass is 398 g/mol. The fourth-order valence-corrected chi connectivity index (χ4v) is 3.89. The molecular formula is C22H23FN2O4. The van der Waals surface area contributed by atoms with Crippen molar-refractivity contribution >= 4 is 16.9 Å². The van der Waals surface area contributed by atoms with Crippen LogP contribution in [-0.4, -0.2) is 40.8 Å². The lowest BCUT2D eigenvalue weighted by atomic mass is 9.97. The Bertz CT molecular complexity index is 1020. The van der Waals surface area contributed by atoms with Gasteiger partial charge >= 0.3 is 5.97 Å². The minimum absolute atomic E-state index is 0.123. The fourth-order valence-electron chi connectivity index (χ4n) is 3.89. The number of esters is 1. The van der Waals surface area contributed by atoms with Gasteiger partial charge in [-0.05, 0) is 62.7 Å². The number of nitrogens with zero attached hydrogens (tertiary/aromatic N) is 2. The molecule has 1 aliphatic heterocycles. The molecule has 0 radical (unpaired) electrons. The summed E-state index contributed by atoms with van der Waals surface area (Å²) in [7, 11) is 0. The number of benzene rings is 2. The van der Waals surface area contributed by atoms with E-state index in [0.29, 0.717) is 36.5 Å². The highest BCUT2D eigenvalue weighted by molar-refractivity contribution is 5.94. The first-order valence-corrected chi connectivity index (χ1v) is 9.82. The van der Waals surface area contributed by atoms with Crippen LogP contribution in [0.1, 0.15) is 25.3 Å². The van der Waals surface area contributed by atoms with Crippen molar-refractivity contribution in [2.45, 2.75) is 26.3 Å². The lowest BCUT2D eigenvalue weighted by Crippen LogP contribution is -2.38. The molecule has 3 aromatic rings. The SMILES string of the molecule is CCOC(=O)C1CCCN(Cc2c(O)ccc3c(-c4ccc(F)cc4)noc23)C1. The van der Waals surface area contributed by atoms with Crippen LogP contribution in [0.5, 0.6) is 5.75 Å². The van der Waals surface area contributed by atoms with Crippen molar-refractivity contribution < 1.29 is 23.6 Å². The van der Waals surface area contributed by atoms with Gasteiger partial charge in [0.25, 0.3) is 0 Å².